The van der Waals surface area contributed by atoms with Gasteiger partial charge in [-0.1, -0.05) is 54.1 Å². The van der Waals surface area contributed by atoms with Crippen LogP contribution in [0.2, 0.25) is 0 Å². The molecule has 0 aliphatic heterocycles. The van der Waals surface area contributed by atoms with Crippen LogP contribution in [0, 0.1) is 6.92 Å². The Kier molecular flexibility index (Phi) is 8.93. The summed E-state index contributed by atoms with van der Waals surface area (Å²) in [5.74, 6) is 0.819. The van der Waals surface area contributed by atoms with Crippen molar-refractivity contribution in [2.45, 2.75) is 33.5 Å². The minimum Gasteiger partial charge on any atom is -0.357 e. The quantitative estimate of drug-likeness (QED) is 0.302. The second-order valence-corrected chi connectivity index (χ2v) is 6.45. The maximum atomic E-state index is 4.71. The number of hydrogen-bond donors (Lipinski definition) is 2. The monoisotopic (exact) mass is 490 g/mol. The summed E-state index contributed by atoms with van der Waals surface area (Å²) < 4.78 is 1.82. The van der Waals surface area contributed by atoms with Crippen LogP contribution in [0.15, 0.2) is 66.2 Å². The molecule has 0 fully saturated rings. The molecule has 3 aromatic rings. The number of guanidine groups is 1. The molecule has 2 aromatic carbocycles. The van der Waals surface area contributed by atoms with Crippen LogP contribution in [-0.2, 0) is 19.6 Å². The molecule has 1 aromatic heterocycles. The molecule has 3 rings (SSSR count). The third-order valence-electron chi connectivity index (χ3n) is 4.15. The Hall–Kier alpha value is -2.42. The first-order valence-corrected chi connectivity index (χ1v) is 9.21. The largest absolute Gasteiger partial charge is 0.357 e. The lowest BCUT2D eigenvalue weighted by molar-refractivity contribution is 0.684. The summed E-state index contributed by atoms with van der Waals surface area (Å²) in [6.45, 7) is 7.07. The van der Waals surface area contributed by atoms with Crippen molar-refractivity contribution < 1.29 is 0 Å². The zero-order valence-corrected chi connectivity index (χ0v) is 18.6. The van der Waals surface area contributed by atoms with E-state index in [2.05, 4.69) is 83.1 Å². The van der Waals surface area contributed by atoms with Crippen molar-refractivity contribution in [1.82, 2.24) is 25.4 Å². The SMILES string of the molecule is CCNC(=NCc1cccc(Cn2cncn2)c1)NCc1ccc(C)cc1.I. The Morgan fingerprint density at radius 2 is 1.82 bits per heavy atom. The molecule has 0 aliphatic carbocycles. The van der Waals surface area contributed by atoms with E-state index in [4.69, 9.17) is 4.99 Å². The highest BCUT2D eigenvalue weighted by Crippen LogP contribution is 2.08. The first kappa shape index (κ1) is 21.9. The van der Waals surface area contributed by atoms with Gasteiger partial charge in [0.05, 0.1) is 13.1 Å². The lowest BCUT2D eigenvalue weighted by Gasteiger charge is -2.12. The average Bonchev–Trinajstić information content (AvgIpc) is 3.18. The molecule has 0 spiro atoms. The van der Waals surface area contributed by atoms with Crippen molar-refractivity contribution in [3.63, 3.8) is 0 Å². The van der Waals surface area contributed by atoms with Gasteiger partial charge < -0.3 is 10.6 Å². The van der Waals surface area contributed by atoms with Crippen LogP contribution in [0.3, 0.4) is 0 Å². The van der Waals surface area contributed by atoms with Gasteiger partial charge >= 0.3 is 0 Å². The molecule has 0 unspecified atom stereocenters. The zero-order valence-electron chi connectivity index (χ0n) is 16.3. The second-order valence-electron chi connectivity index (χ2n) is 6.45. The topological polar surface area (TPSA) is 67.1 Å². The van der Waals surface area contributed by atoms with E-state index in [1.807, 2.05) is 4.68 Å². The van der Waals surface area contributed by atoms with Gasteiger partial charge in [-0.25, -0.2) is 14.7 Å². The molecule has 0 radical (unpaired) electrons. The number of rotatable bonds is 7. The Morgan fingerprint density at radius 3 is 2.54 bits per heavy atom. The Morgan fingerprint density at radius 1 is 1.04 bits per heavy atom. The number of nitrogens with one attached hydrogen (secondary N) is 2. The number of aryl methyl sites for hydroxylation is 1. The smallest absolute Gasteiger partial charge is 0.191 e. The first-order chi connectivity index (χ1) is 13.2. The predicted octanol–water partition coefficient (Wildman–Crippen LogP) is 3.51. The molecule has 148 valence electrons. The molecule has 2 N–H and O–H groups in total. The second kappa shape index (κ2) is 11.4. The van der Waals surface area contributed by atoms with Crippen molar-refractivity contribution >= 4 is 29.9 Å². The van der Waals surface area contributed by atoms with E-state index in [0.29, 0.717) is 13.1 Å². The van der Waals surface area contributed by atoms with E-state index in [-0.39, 0.29) is 24.0 Å². The summed E-state index contributed by atoms with van der Waals surface area (Å²) in [6.07, 6.45) is 3.28. The lowest BCUT2D eigenvalue weighted by atomic mass is 10.1. The number of benzene rings is 2. The van der Waals surface area contributed by atoms with E-state index in [9.17, 15) is 0 Å². The van der Waals surface area contributed by atoms with E-state index in [1.165, 1.54) is 22.3 Å². The molecule has 0 bridgehead atoms. The highest BCUT2D eigenvalue weighted by Gasteiger charge is 2.01. The first-order valence-electron chi connectivity index (χ1n) is 9.21. The van der Waals surface area contributed by atoms with Gasteiger partial charge in [-0.05, 0) is 30.5 Å². The maximum Gasteiger partial charge on any atom is 0.191 e. The number of aliphatic imine (C=N–C) groups is 1. The highest BCUT2D eigenvalue weighted by molar-refractivity contribution is 14.0. The van der Waals surface area contributed by atoms with Crippen LogP contribution in [0.25, 0.3) is 0 Å². The normalized spacial score (nSPS) is 11.0. The fourth-order valence-electron chi connectivity index (χ4n) is 2.73. The van der Waals surface area contributed by atoms with Gasteiger partial charge in [0, 0.05) is 13.1 Å². The molecule has 28 heavy (non-hydrogen) atoms. The molecule has 0 saturated heterocycles. The molecule has 6 nitrogen and oxygen atoms in total. The van der Waals surface area contributed by atoms with Crippen molar-refractivity contribution in [3.8, 4) is 0 Å². The number of hydrogen-bond acceptors (Lipinski definition) is 3. The lowest BCUT2D eigenvalue weighted by Crippen LogP contribution is -2.36. The van der Waals surface area contributed by atoms with Crippen LogP contribution < -0.4 is 10.6 Å². The fraction of sp³-hybridized carbons (Fsp3) is 0.286. The molecule has 0 saturated carbocycles. The van der Waals surface area contributed by atoms with E-state index in [0.717, 1.165) is 19.0 Å². The van der Waals surface area contributed by atoms with Crippen LogP contribution in [-0.4, -0.2) is 27.3 Å². The third kappa shape index (κ3) is 6.95. The number of aromatic nitrogens is 3. The fourth-order valence-corrected chi connectivity index (χ4v) is 2.73. The van der Waals surface area contributed by atoms with Crippen molar-refractivity contribution in [2.24, 2.45) is 4.99 Å². The Bertz CT molecular complexity index is 859. The summed E-state index contributed by atoms with van der Waals surface area (Å²) in [4.78, 5) is 8.70. The number of nitrogens with zero attached hydrogens (tertiary/aromatic N) is 4. The maximum absolute atomic E-state index is 4.71. The summed E-state index contributed by atoms with van der Waals surface area (Å²) in [7, 11) is 0. The van der Waals surface area contributed by atoms with Gasteiger partial charge in [-0.2, -0.15) is 5.10 Å². The average molecular weight is 490 g/mol. The van der Waals surface area contributed by atoms with Crippen molar-refractivity contribution in [3.05, 3.63) is 83.4 Å². The standard InChI is InChI=1S/C21H26N6.HI/c1-3-23-21(24-12-18-9-7-17(2)8-10-18)25-13-19-5-4-6-20(11-19)14-27-16-22-15-26-27;/h4-11,15-16H,3,12-14H2,1-2H3,(H2,23,24,25);1H. The van der Waals surface area contributed by atoms with Gasteiger partial charge in [-0.3, -0.25) is 0 Å². The van der Waals surface area contributed by atoms with Crippen LogP contribution in [0.4, 0.5) is 0 Å². The molecule has 7 heteroatoms. The predicted molar refractivity (Wildman–Crippen MR) is 124 cm³/mol. The number of halogens is 1. The molecular weight excluding hydrogens is 463 g/mol. The Labute approximate surface area is 183 Å². The summed E-state index contributed by atoms with van der Waals surface area (Å²) in [6, 6.07) is 16.9. The van der Waals surface area contributed by atoms with E-state index >= 15 is 0 Å². The third-order valence-corrected chi connectivity index (χ3v) is 4.15. The van der Waals surface area contributed by atoms with Gasteiger partial charge in [0.1, 0.15) is 12.7 Å². The van der Waals surface area contributed by atoms with Gasteiger partial charge in [0.25, 0.3) is 0 Å². The van der Waals surface area contributed by atoms with Crippen molar-refractivity contribution in [1.29, 1.82) is 0 Å². The minimum absolute atomic E-state index is 0. The van der Waals surface area contributed by atoms with Gasteiger partial charge in [0.2, 0.25) is 0 Å². The highest BCUT2D eigenvalue weighted by atomic mass is 127. The van der Waals surface area contributed by atoms with Crippen LogP contribution >= 0.6 is 24.0 Å². The summed E-state index contributed by atoms with van der Waals surface area (Å²) >= 11 is 0. The Balaban J connectivity index is 0.00000280. The molecule has 1 heterocycles. The summed E-state index contributed by atoms with van der Waals surface area (Å²) in [5, 5.41) is 10.9. The van der Waals surface area contributed by atoms with Crippen LogP contribution in [0.1, 0.15) is 29.2 Å². The molecule has 0 atom stereocenters. The van der Waals surface area contributed by atoms with E-state index < -0.39 is 0 Å². The minimum atomic E-state index is 0. The van der Waals surface area contributed by atoms with Crippen molar-refractivity contribution in [2.75, 3.05) is 6.54 Å². The molecular formula is C21H27IN6. The molecule has 0 aliphatic rings. The van der Waals surface area contributed by atoms with Gasteiger partial charge in [-0.15, -0.1) is 24.0 Å². The molecule has 0 amide bonds. The van der Waals surface area contributed by atoms with Gasteiger partial charge in [0.15, 0.2) is 5.96 Å². The van der Waals surface area contributed by atoms with Crippen LogP contribution in [0.5, 0.6) is 0 Å². The summed E-state index contributed by atoms with van der Waals surface area (Å²) in [5.41, 5.74) is 4.86. The van der Waals surface area contributed by atoms with E-state index in [1.54, 1.807) is 12.7 Å². The zero-order chi connectivity index (χ0) is 18.9.